The first-order chi connectivity index (χ1) is 9.66. The second-order valence-corrected chi connectivity index (χ2v) is 3.73. The number of carbonyl (C=O) groups excluding carboxylic acids is 2. The third-order valence-electron chi connectivity index (χ3n) is 2.04. The van der Waals surface area contributed by atoms with Gasteiger partial charge < -0.3 is 19.6 Å². The summed E-state index contributed by atoms with van der Waals surface area (Å²) in [5.41, 5.74) is 2.47. The average Bonchev–Trinajstić information content (AvgIpc) is 2.45. The topological polar surface area (TPSA) is 103 Å². The molecular weight excluding hydrogens is 262 g/mol. The highest BCUT2D eigenvalue weighted by Crippen LogP contribution is 1.89. The van der Waals surface area contributed by atoms with Gasteiger partial charge in [0, 0.05) is 25.9 Å². The number of hydrazine groups is 1. The summed E-state index contributed by atoms with van der Waals surface area (Å²) in [6.45, 7) is 8.48. The second-order valence-electron chi connectivity index (χ2n) is 3.73. The van der Waals surface area contributed by atoms with Crippen LogP contribution in [-0.2, 0) is 19.1 Å². The Morgan fingerprint density at radius 2 is 1.50 bits per heavy atom. The zero-order chi connectivity index (χ0) is 15.6. The van der Waals surface area contributed by atoms with Crippen LogP contribution in [0.5, 0.6) is 0 Å². The number of Topliss-reactive ketones (excluding diaryl/α,β-unsaturated/α-hetero) is 1. The van der Waals surface area contributed by atoms with Crippen molar-refractivity contribution in [1.29, 1.82) is 0 Å². The molecule has 0 aliphatic rings. The molecule has 0 heterocycles. The van der Waals surface area contributed by atoms with E-state index in [1.165, 1.54) is 6.92 Å². The molecule has 7 nitrogen and oxygen atoms in total. The number of rotatable bonds is 12. The van der Waals surface area contributed by atoms with Gasteiger partial charge in [0.1, 0.15) is 5.78 Å². The van der Waals surface area contributed by atoms with E-state index in [4.69, 9.17) is 15.3 Å². The van der Waals surface area contributed by atoms with Crippen molar-refractivity contribution in [2.45, 2.75) is 33.6 Å². The first-order valence-corrected chi connectivity index (χ1v) is 7.02. The molecule has 0 spiro atoms. The monoisotopic (exact) mass is 291 g/mol. The third kappa shape index (κ3) is 19.3. The van der Waals surface area contributed by atoms with Crippen molar-refractivity contribution in [2.24, 2.45) is 5.84 Å². The van der Waals surface area contributed by atoms with E-state index in [0.717, 1.165) is 0 Å². The lowest BCUT2D eigenvalue weighted by atomic mass is 10.2. The number of hydrogen-bond acceptors (Lipinski definition) is 6. The molecule has 1 amide bonds. The molecule has 0 atom stereocenters. The van der Waals surface area contributed by atoms with Crippen molar-refractivity contribution in [3.05, 3.63) is 0 Å². The normalized spacial score (nSPS) is 9.60. The number of nitrogens with one attached hydrogen (secondary N) is 2. The minimum Gasteiger partial charge on any atom is -0.378 e. The lowest BCUT2D eigenvalue weighted by Gasteiger charge is -2.06. The van der Waals surface area contributed by atoms with Crippen LogP contribution in [0.25, 0.3) is 0 Å². The fraction of sp³-hybridized carbons (Fsp3) is 0.846. The summed E-state index contributed by atoms with van der Waals surface area (Å²) in [5.74, 6) is 4.95. The summed E-state index contributed by atoms with van der Waals surface area (Å²) >= 11 is 0. The number of carbonyl (C=O) groups is 2. The molecule has 0 saturated heterocycles. The average molecular weight is 291 g/mol. The van der Waals surface area contributed by atoms with Crippen LogP contribution in [0.4, 0.5) is 0 Å². The predicted molar refractivity (Wildman–Crippen MR) is 78.1 cm³/mol. The van der Waals surface area contributed by atoms with Gasteiger partial charge in [-0.15, -0.1) is 0 Å². The van der Waals surface area contributed by atoms with Crippen LogP contribution in [0.15, 0.2) is 0 Å². The van der Waals surface area contributed by atoms with Crippen LogP contribution in [0.1, 0.15) is 33.6 Å². The van der Waals surface area contributed by atoms with E-state index in [0.29, 0.717) is 39.5 Å². The molecule has 0 saturated carbocycles. The van der Waals surface area contributed by atoms with Gasteiger partial charge in [0.05, 0.1) is 26.4 Å². The maximum absolute atomic E-state index is 11.2. The van der Waals surface area contributed by atoms with Gasteiger partial charge in [-0.1, -0.05) is 13.8 Å². The Bertz CT molecular complexity index is 238. The second kappa shape index (κ2) is 18.0. The standard InChI is InChI=1S/C11H23N3O4.C2H6/c1-10(15)2-3-11(16)13-4-6-17-8-9-18-7-5-14-12;1-2/h14H,2-9,12H2,1H3,(H,13,16);1-2H3. The Kier molecular flexibility index (Phi) is 19.1. The molecule has 0 aromatic rings. The summed E-state index contributed by atoms with van der Waals surface area (Å²) < 4.78 is 10.4. The van der Waals surface area contributed by atoms with Gasteiger partial charge >= 0.3 is 0 Å². The zero-order valence-electron chi connectivity index (χ0n) is 12.9. The highest BCUT2D eigenvalue weighted by molar-refractivity contribution is 5.83. The van der Waals surface area contributed by atoms with Crippen LogP contribution in [-0.4, -0.2) is 51.2 Å². The van der Waals surface area contributed by atoms with Crippen molar-refractivity contribution in [3.63, 3.8) is 0 Å². The van der Waals surface area contributed by atoms with Crippen LogP contribution < -0.4 is 16.6 Å². The molecular formula is C13H29N3O4. The fourth-order valence-corrected chi connectivity index (χ4v) is 1.09. The van der Waals surface area contributed by atoms with E-state index in [1.54, 1.807) is 0 Å². The zero-order valence-corrected chi connectivity index (χ0v) is 12.9. The van der Waals surface area contributed by atoms with Crippen molar-refractivity contribution in [1.82, 2.24) is 10.7 Å². The summed E-state index contributed by atoms with van der Waals surface area (Å²) in [7, 11) is 0. The number of nitrogens with two attached hydrogens (primary N) is 1. The molecule has 4 N–H and O–H groups in total. The SMILES string of the molecule is CC.CC(=O)CCC(=O)NCCOCCOCCNN. The van der Waals surface area contributed by atoms with Crippen molar-refractivity contribution in [3.8, 4) is 0 Å². The predicted octanol–water partition coefficient (Wildman–Crippen LogP) is -0.00550. The van der Waals surface area contributed by atoms with Gasteiger partial charge in [-0.05, 0) is 6.92 Å². The number of ether oxygens (including phenoxy) is 2. The van der Waals surface area contributed by atoms with E-state index >= 15 is 0 Å². The molecule has 0 rings (SSSR count). The summed E-state index contributed by atoms with van der Waals surface area (Å²) in [6, 6.07) is 0. The maximum Gasteiger partial charge on any atom is 0.220 e. The van der Waals surface area contributed by atoms with Crippen molar-refractivity contribution < 1.29 is 19.1 Å². The maximum atomic E-state index is 11.2. The van der Waals surface area contributed by atoms with Crippen LogP contribution in [0, 0.1) is 0 Å². The fourth-order valence-electron chi connectivity index (χ4n) is 1.09. The lowest BCUT2D eigenvalue weighted by molar-refractivity contribution is -0.124. The van der Waals surface area contributed by atoms with E-state index in [1.807, 2.05) is 13.8 Å². The smallest absolute Gasteiger partial charge is 0.220 e. The van der Waals surface area contributed by atoms with E-state index < -0.39 is 0 Å². The van der Waals surface area contributed by atoms with Crippen molar-refractivity contribution >= 4 is 11.7 Å². The molecule has 0 aromatic carbocycles. The highest BCUT2D eigenvalue weighted by Gasteiger charge is 2.02. The Hall–Kier alpha value is -1.02. The number of ketones is 1. The van der Waals surface area contributed by atoms with Gasteiger partial charge in [-0.2, -0.15) is 0 Å². The summed E-state index contributed by atoms with van der Waals surface area (Å²) in [5, 5.41) is 2.67. The molecule has 20 heavy (non-hydrogen) atoms. The Labute approximate surface area is 121 Å². The summed E-state index contributed by atoms with van der Waals surface area (Å²) in [6.07, 6.45) is 0.528. The minimum atomic E-state index is -0.126. The molecule has 0 unspecified atom stereocenters. The quantitative estimate of drug-likeness (QED) is 0.266. The van der Waals surface area contributed by atoms with Gasteiger partial charge in [0.25, 0.3) is 0 Å². The largest absolute Gasteiger partial charge is 0.378 e. The molecule has 0 aliphatic heterocycles. The van der Waals surface area contributed by atoms with E-state index in [9.17, 15) is 9.59 Å². The van der Waals surface area contributed by atoms with Gasteiger partial charge in [0.15, 0.2) is 0 Å². The minimum absolute atomic E-state index is 0.0190. The Balaban J connectivity index is 0. The molecule has 0 aromatic heterocycles. The van der Waals surface area contributed by atoms with Crippen LogP contribution in [0.3, 0.4) is 0 Å². The molecule has 0 aliphatic carbocycles. The van der Waals surface area contributed by atoms with Gasteiger partial charge in [0.2, 0.25) is 5.91 Å². The van der Waals surface area contributed by atoms with Gasteiger partial charge in [-0.3, -0.25) is 16.1 Å². The molecule has 0 radical (unpaired) electrons. The molecule has 120 valence electrons. The molecule has 7 heteroatoms. The number of amides is 1. The number of hydrogen-bond donors (Lipinski definition) is 3. The highest BCUT2D eigenvalue weighted by atomic mass is 16.5. The van der Waals surface area contributed by atoms with E-state index in [-0.39, 0.29) is 24.5 Å². The Morgan fingerprint density at radius 1 is 0.950 bits per heavy atom. The van der Waals surface area contributed by atoms with E-state index in [2.05, 4.69) is 10.7 Å². The first kappa shape index (κ1) is 21.3. The van der Waals surface area contributed by atoms with Crippen molar-refractivity contribution in [2.75, 3.05) is 39.5 Å². The van der Waals surface area contributed by atoms with Crippen LogP contribution in [0.2, 0.25) is 0 Å². The van der Waals surface area contributed by atoms with Crippen LogP contribution >= 0.6 is 0 Å². The molecule has 0 bridgehead atoms. The molecule has 0 fully saturated rings. The Morgan fingerprint density at radius 3 is 2.00 bits per heavy atom. The van der Waals surface area contributed by atoms with Gasteiger partial charge in [-0.25, -0.2) is 0 Å². The third-order valence-corrected chi connectivity index (χ3v) is 2.04. The summed E-state index contributed by atoms with van der Waals surface area (Å²) in [4.78, 5) is 21.8. The lowest BCUT2D eigenvalue weighted by Crippen LogP contribution is -2.28. The first-order valence-electron chi connectivity index (χ1n) is 7.02.